The van der Waals surface area contributed by atoms with Gasteiger partial charge in [0.25, 0.3) is 0 Å². The lowest BCUT2D eigenvalue weighted by Crippen LogP contribution is -1.98. The third-order valence-electron chi connectivity index (χ3n) is 5.11. The van der Waals surface area contributed by atoms with Gasteiger partial charge >= 0.3 is 0 Å². The molecule has 28 heavy (non-hydrogen) atoms. The summed E-state index contributed by atoms with van der Waals surface area (Å²) in [7, 11) is 1.85. The van der Waals surface area contributed by atoms with Crippen molar-refractivity contribution >= 4 is 11.6 Å². The Kier molecular flexibility index (Phi) is 11.0. The van der Waals surface area contributed by atoms with Gasteiger partial charge in [0.05, 0.1) is 0 Å². The highest BCUT2D eigenvalue weighted by Crippen LogP contribution is 2.24. The van der Waals surface area contributed by atoms with Crippen molar-refractivity contribution in [2.24, 2.45) is 5.92 Å². The number of nitrogens with one attached hydrogen (secondary N) is 1. The maximum Gasteiger partial charge on any atom is 0.00299 e. The second-order valence-corrected chi connectivity index (χ2v) is 7.80. The van der Waals surface area contributed by atoms with Crippen LogP contribution in [0.1, 0.15) is 69.2 Å². The standard InChI is InChI=1S/C23H30.C4H9N/c1-5-10-18(2)15-16-21-12-7-8-13-22(21)17-20(4)23-14-9-6-11-19(23)3;1-4(2)5-3/h6-9,11-14,17-18H,5,10,15-16H2,1-4H3;5H,1H2,2-3H3/b20-17-;. The monoisotopic (exact) mass is 377 g/mol. The zero-order chi connectivity index (χ0) is 20.9. The fraction of sp³-hybridized carbons (Fsp3) is 0.407. The van der Waals surface area contributed by atoms with E-state index >= 15 is 0 Å². The smallest absolute Gasteiger partial charge is 0.00299 e. The first-order valence-corrected chi connectivity index (χ1v) is 10.5. The van der Waals surface area contributed by atoms with Crippen LogP contribution in [0, 0.1) is 12.8 Å². The topological polar surface area (TPSA) is 12.0 Å². The highest BCUT2D eigenvalue weighted by molar-refractivity contribution is 5.82. The molecule has 0 spiro atoms. The van der Waals surface area contributed by atoms with Crippen LogP contribution in [-0.2, 0) is 6.42 Å². The van der Waals surface area contributed by atoms with Crippen molar-refractivity contribution in [3.63, 3.8) is 0 Å². The van der Waals surface area contributed by atoms with E-state index in [0.29, 0.717) is 0 Å². The van der Waals surface area contributed by atoms with Gasteiger partial charge in [0.2, 0.25) is 0 Å². The lowest BCUT2D eigenvalue weighted by Gasteiger charge is -2.12. The van der Waals surface area contributed by atoms with Gasteiger partial charge in [-0.3, -0.25) is 0 Å². The third kappa shape index (κ3) is 8.61. The van der Waals surface area contributed by atoms with Crippen LogP contribution in [0.5, 0.6) is 0 Å². The normalized spacial score (nSPS) is 12.0. The molecule has 0 aliphatic rings. The Hall–Kier alpha value is -2.28. The Morgan fingerprint density at radius 3 is 2.25 bits per heavy atom. The Balaban J connectivity index is 0.000000696. The van der Waals surface area contributed by atoms with Crippen molar-refractivity contribution in [3.05, 3.63) is 83.1 Å². The number of allylic oxidation sites excluding steroid dienone is 2. The van der Waals surface area contributed by atoms with Gasteiger partial charge in [-0.1, -0.05) is 87.9 Å². The van der Waals surface area contributed by atoms with E-state index in [0.717, 1.165) is 11.6 Å². The number of hydrogen-bond acceptors (Lipinski definition) is 1. The number of aryl methyl sites for hydroxylation is 2. The number of rotatable bonds is 8. The van der Waals surface area contributed by atoms with Crippen molar-refractivity contribution in [2.75, 3.05) is 7.05 Å². The molecule has 1 atom stereocenters. The van der Waals surface area contributed by atoms with E-state index in [9.17, 15) is 0 Å². The quantitative estimate of drug-likeness (QED) is 0.465. The Bertz CT molecular complexity index is 754. The summed E-state index contributed by atoms with van der Waals surface area (Å²) in [5.41, 5.74) is 7.89. The van der Waals surface area contributed by atoms with Gasteiger partial charge in [-0.15, -0.1) is 0 Å². The second-order valence-electron chi connectivity index (χ2n) is 7.80. The molecule has 0 radical (unpaired) electrons. The predicted octanol–water partition coefficient (Wildman–Crippen LogP) is 7.66. The van der Waals surface area contributed by atoms with E-state index in [4.69, 9.17) is 0 Å². The second kappa shape index (κ2) is 13.0. The van der Waals surface area contributed by atoms with Gasteiger partial charge in [-0.25, -0.2) is 0 Å². The van der Waals surface area contributed by atoms with Crippen LogP contribution in [0.2, 0.25) is 0 Å². The molecule has 0 fully saturated rings. The molecule has 1 unspecified atom stereocenters. The van der Waals surface area contributed by atoms with Gasteiger partial charge in [0.15, 0.2) is 0 Å². The van der Waals surface area contributed by atoms with Crippen LogP contribution in [0.15, 0.2) is 60.8 Å². The first-order valence-electron chi connectivity index (χ1n) is 10.5. The molecular weight excluding hydrogens is 338 g/mol. The SMILES string of the molecule is C=C(C)NC.CCCC(C)CCc1ccccc1/C=C(/C)c1ccccc1C. The minimum absolute atomic E-state index is 0.814. The van der Waals surface area contributed by atoms with Crippen molar-refractivity contribution in [1.29, 1.82) is 0 Å². The van der Waals surface area contributed by atoms with E-state index in [1.54, 1.807) is 0 Å². The van der Waals surface area contributed by atoms with E-state index in [1.165, 1.54) is 53.5 Å². The lowest BCUT2D eigenvalue weighted by atomic mass is 9.93. The molecule has 0 aliphatic carbocycles. The molecule has 0 saturated heterocycles. The van der Waals surface area contributed by atoms with E-state index in [1.807, 2.05) is 14.0 Å². The summed E-state index contributed by atoms with van der Waals surface area (Å²) in [5.74, 6) is 0.814. The van der Waals surface area contributed by atoms with Crippen LogP contribution < -0.4 is 5.32 Å². The summed E-state index contributed by atoms with van der Waals surface area (Å²) in [4.78, 5) is 0. The Morgan fingerprint density at radius 1 is 1.04 bits per heavy atom. The predicted molar refractivity (Wildman–Crippen MR) is 127 cm³/mol. The molecule has 0 aliphatic heterocycles. The first-order chi connectivity index (χ1) is 13.4. The number of benzene rings is 2. The van der Waals surface area contributed by atoms with E-state index in [-0.39, 0.29) is 0 Å². The number of hydrogen-bond donors (Lipinski definition) is 1. The van der Waals surface area contributed by atoms with Crippen LogP contribution in [0.4, 0.5) is 0 Å². The summed E-state index contributed by atoms with van der Waals surface area (Å²) in [6.45, 7) is 14.5. The summed E-state index contributed by atoms with van der Waals surface area (Å²) >= 11 is 0. The summed E-state index contributed by atoms with van der Waals surface area (Å²) < 4.78 is 0. The molecule has 2 aromatic rings. The summed E-state index contributed by atoms with van der Waals surface area (Å²) in [6, 6.07) is 17.5. The Labute approximate surface area is 173 Å². The molecular formula is C27H39N. The Morgan fingerprint density at radius 2 is 1.64 bits per heavy atom. The van der Waals surface area contributed by atoms with Crippen LogP contribution in [0.25, 0.3) is 11.6 Å². The molecule has 2 rings (SSSR count). The molecule has 0 saturated carbocycles. The van der Waals surface area contributed by atoms with Crippen LogP contribution in [-0.4, -0.2) is 7.05 Å². The molecule has 1 N–H and O–H groups in total. The van der Waals surface area contributed by atoms with Crippen LogP contribution in [0.3, 0.4) is 0 Å². The summed E-state index contributed by atoms with van der Waals surface area (Å²) in [6.07, 6.45) is 7.43. The molecule has 0 heterocycles. The first kappa shape index (κ1) is 23.8. The molecule has 0 amide bonds. The molecule has 1 heteroatoms. The zero-order valence-electron chi connectivity index (χ0n) is 18.8. The minimum Gasteiger partial charge on any atom is -0.392 e. The van der Waals surface area contributed by atoms with Gasteiger partial charge < -0.3 is 5.32 Å². The maximum atomic E-state index is 3.56. The largest absolute Gasteiger partial charge is 0.392 e. The van der Waals surface area contributed by atoms with Crippen molar-refractivity contribution < 1.29 is 0 Å². The minimum atomic E-state index is 0.814. The van der Waals surface area contributed by atoms with Gasteiger partial charge in [-0.05, 0) is 73.1 Å². The van der Waals surface area contributed by atoms with Gasteiger partial charge in [-0.2, -0.15) is 0 Å². The fourth-order valence-electron chi connectivity index (χ4n) is 3.27. The molecule has 1 nitrogen and oxygen atoms in total. The lowest BCUT2D eigenvalue weighted by molar-refractivity contribution is 0.486. The van der Waals surface area contributed by atoms with Crippen molar-refractivity contribution in [2.45, 2.75) is 60.3 Å². The maximum absolute atomic E-state index is 3.56. The van der Waals surface area contributed by atoms with Crippen LogP contribution >= 0.6 is 0 Å². The molecule has 0 aromatic heterocycles. The highest BCUT2D eigenvalue weighted by Gasteiger charge is 2.06. The van der Waals surface area contributed by atoms with Gasteiger partial charge in [0, 0.05) is 7.05 Å². The summed E-state index contributed by atoms with van der Waals surface area (Å²) in [5, 5.41) is 2.83. The van der Waals surface area contributed by atoms with Crippen molar-refractivity contribution in [3.8, 4) is 0 Å². The zero-order valence-corrected chi connectivity index (χ0v) is 18.8. The average molecular weight is 378 g/mol. The fourth-order valence-corrected chi connectivity index (χ4v) is 3.27. The molecule has 2 aromatic carbocycles. The van der Waals surface area contributed by atoms with E-state index < -0.39 is 0 Å². The van der Waals surface area contributed by atoms with E-state index in [2.05, 4.69) is 94.2 Å². The third-order valence-corrected chi connectivity index (χ3v) is 5.11. The molecule has 0 bridgehead atoms. The molecule has 152 valence electrons. The average Bonchev–Trinajstić information content (AvgIpc) is 2.68. The highest BCUT2D eigenvalue weighted by atomic mass is 14.8. The van der Waals surface area contributed by atoms with Crippen molar-refractivity contribution in [1.82, 2.24) is 5.32 Å². The van der Waals surface area contributed by atoms with Gasteiger partial charge in [0.1, 0.15) is 0 Å².